The molecule has 0 aliphatic heterocycles. The van der Waals surface area contributed by atoms with Crippen molar-refractivity contribution in [2.75, 3.05) is 7.05 Å². The number of nitrogens with two attached hydrogens (primary N) is 1. The SMILES string of the molecule is C=CCCC=C(CC)CC.CC.CC(C)c1ccccc1.CCC.CN. The number of benzene rings is 1. The summed E-state index contributed by atoms with van der Waals surface area (Å²) < 4.78 is 0. The van der Waals surface area contributed by atoms with Crippen molar-refractivity contribution in [2.24, 2.45) is 5.73 Å². The summed E-state index contributed by atoms with van der Waals surface area (Å²) in [5.74, 6) is 0.659. The van der Waals surface area contributed by atoms with E-state index in [1.807, 2.05) is 26.0 Å². The molecule has 1 nitrogen and oxygen atoms in total. The molecule has 0 aromatic heterocycles. The van der Waals surface area contributed by atoms with Crippen molar-refractivity contribution in [1.82, 2.24) is 0 Å². The smallest absolute Gasteiger partial charge is 0.0195 e. The van der Waals surface area contributed by atoms with Crippen LogP contribution in [0.2, 0.25) is 0 Å². The first-order valence-electron chi connectivity index (χ1n) is 10.5. The van der Waals surface area contributed by atoms with Gasteiger partial charge in [-0.3, -0.25) is 0 Å². The van der Waals surface area contributed by atoms with Crippen molar-refractivity contribution in [2.45, 2.75) is 93.4 Å². The Hall–Kier alpha value is -1.34. The summed E-state index contributed by atoms with van der Waals surface area (Å²) in [6.07, 6.45) is 10.2. The minimum atomic E-state index is 0.659. The summed E-state index contributed by atoms with van der Waals surface area (Å²) in [4.78, 5) is 0. The Kier molecular flexibility index (Phi) is 39.1. The molecule has 1 aromatic carbocycles. The van der Waals surface area contributed by atoms with Gasteiger partial charge in [0.15, 0.2) is 0 Å². The summed E-state index contributed by atoms with van der Waals surface area (Å²) >= 11 is 0. The molecule has 26 heavy (non-hydrogen) atoms. The molecule has 0 radical (unpaired) electrons. The Labute approximate surface area is 166 Å². The molecule has 0 fully saturated rings. The number of hydrogen-bond acceptors (Lipinski definition) is 1. The van der Waals surface area contributed by atoms with Gasteiger partial charge in [0.1, 0.15) is 0 Å². The fourth-order valence-corrected chi connectivity index (χ4v) is 1.78. The van der Waals surface area contributed by atoms with E-state index in [1.54, 1.807) is 5.57 Å². The van der Waals surface area contributed by atoms with Crippen LogP contribution in [0.4, 0.5) is 0 Å². The van der Waals surface area contributed by atoms with Crippen molar-refractivity contribution in [3.05, 3.63) is 60.2 Å². The highest BCUT2D eigenvalue weighted by Gasteiger charge is 1.93. The second-order valence-corrected chi connectivity index (χ2v) is 5.71. The number of hydrogen-bond donors (Lipinski definition) is 1. The van der Waals surface area contributed by atoms with Gasteiger partial charge in [-0.05, 0) is 44.2 Å². The monoisotopic (exact) mass is 363 g/mol. The van der Waals surface area contributed by atoms with Crippen LogP contribution in [-0.4, -0.2) is 7.05 Å². The highest BCUT2D eigenvalue weighted by Crippen LogP contribution is 2.11. The van der Waals surface area contributed by atoms with Gasteiger partial charge in [-0.25, -0.2) is 0 Å². The lowest BCUT2D eigenvalue weighted by Crippen LogP contribution is -1.83. The van der Waals surface area contributed by atoms with Gasteiger partial charge in [-0.2, -0.15) is 0 Å². The van der Waals surface area contributed by atoms with Crippen LogP contribution < -0.4 is 5.73 Å². The third-order valence-corrected chi connectivity index (χ3v) is 3.18. The predicted octanol–water partition coefficient (Wildman–Crippen LogP) is 8.53. The fourth-order valence-electron chi connectivity index (χ4n) is 1.78. The largest absolute Gasteiger partial charge is 0.333 e. The Morgan fingerprint density at radius 3 is 1.62 bits per heavy atom. The predicted molar refractivity (Wildman–Crippen MR) is 126 cm³/mol. The molecule has 2 N–H and O–H groups in total. The molecule has 0 heterocycles. The summed E-state index contributed by atoms with van der Waals surface area (Å²) in [6.45, 7) is 20.8. The van der Waals surface area contributed by atoms with E-state index in [4.69, 9.17) is 0 Å². The van der Waals surface area contributed by atoms with Crippen LogP contribution in [0.1, 0.15) is 99.0 Å². The van der Waals surface area contributed by atoms with Gasteiger partial charge in [0.25, 0.3) is 0 Å². The van der Waals surface area contributed by atoms with E-state index < -0.39 is 0 Å². The molecular weight excluding hydrogens is 314 g/mol. The first-order chi connectivity index (χ1) is 12.6. The van der Waals surface area contributed by atoms with Crippen LogP contribution in [0, 0.1) is 0 Å². The van der Waals surface area contributed by atoms with E-state index in [2.05, 4.69) is 84.2 Å². The van der Waals surface area contributed by atoms with E-state index in [9.17, 15) is 0 Å². The zero-order chi connectivity index (χ0) is 21.2. The molecule has 0 aliphatic carbocycles. The maximum absolute atomic E-state index is 4.50. The maximum atomic E-state index is 4.50. The molecule has 154 valence electrons. The third kappa shape index (κ3) is 27.5. The lowest BCUT2D eigenvalue weighted by molar-refractivity contribution is 0.867. The quantitative estimate of drug-likeness (QED) is 0.397. The van der Waals surface area contributed by atoms with E-state index in [-0.39, 0.29) is 0 Å². The van der Waals surface area contributed by atoms with Crippen LogP contribution in [0.15, 0.2) is 54.6 Å². The van der Waals surface area contributed by atoms with Crippen molar-refractivity contribution in [3.63, 3.8) is 0 Å². The van der Waals surface area contributed by atoms with Crippen LogP contribution >= 0.6 is 0 Å². The summed E-state index contributed by atoms with van der Waals surface area (Å²) in [5.41, 5.74) is 7.49. The third-order valence-electron chi connectivity index (χ3n) is 3.18. The standard InChI is InChI=1S/C10H18.C9H12.C3H8.C2H6.CH5N/c1-4-7-8-9-10(5-2)6-3;1-8(2)9-6-4-3-5-7-9;1-3-2;2*1-2/h4,9H,1,5-8H2,2-3H3;3-8H,1-2H3;3H2,1-2H3;1-2H3;2H2,1H3. The minimum absolute atomic E-state index is 0.659. The zero-order valence-electron chi connectivity index (χ0n) is 19.4. The van der Waals surface area contributed by atoms with Crippen LogP contribution in [-0.2, 0) is 0 Å². The molecule has 0 bridgehead atoms. The Bertz CT molecular complexity index is 357. The average molecular weight is 364 g/mol. The molecule has 0 aliphatic rings. The van der Waals surface area contributed by atoms with Crippen LogP contribution in [0.25, 0.3) is 0 Å². The van der Waals surface area contributed by atoms with Gasteiger partial charge in [0, 0.05) is 0 Å². The Balaban J connectivity index is -0.000000139. The topological polar surface area (TPSA) is 26.0 Å². The number of rotatable bonds is 6. The molecule has 0 atom stereocenters. The minimum Gasteiger partial charge on any atom is -0.333 e. The summed E-state index contributed by atoms with van der Waals surface area (Å²) in [7, 11) is 1.50. The molecule has 0 saturated carbocycles. The van der Waals surface area contributed by atoms with E-state index in [1.165, 1.54) is 38.3 Å². The lowest BCUT2D eigenvalue weighted by atomic mass is 10.0. The Morgan fingerprint density at radius 2 is 1.35 bits per heavy atom. The summed E-state index contributed by atoms with van der Waals surface area (Å²) in [6, 6.07) is 10.5. The van der Waals surface area contributed by atoms with Crippen LogP contribution in [0.5, 0.6) is 0 Å². The lowest BCUT2D eigenvalue weighted by Gasteiger charge is -2.01. The number of unbranched alkanes of at least 4 members (excludes halogenated alkanes) is 1. The second kappa shape index (κ2) is 31.4. The normalized spacial score (nSPS) is 8.12. The fraction of sp³-hybridized carbons (Fsp3) is 0.600. The molecule has 0 spiro atoms. The Morgan fingerprint density at radius 1 is 0.923 bits per heavy atom. The first kappa shape index (κ1) is 32.3. The molecule has 1 aromatic rings. The second-order valence-electron chi connectivity index (χ2n) is 5.71. The molecule has 1 heteroatoms. The van der Waals surface area contributed by atoms with E-state index in [0.29, 0.717) is 5.92 Å². The molecule has 0 saturated heterocycles. The van der Waals surface area contributed by atoms with Crippen molar-refractivity contribution >= 4 is 0 Å². The van der Waals surface area contributed by atoms with Gasteiger partial charge >= 0.3 is 0 Å². The molecular formula is C25H49N. The van der Waals surface area contributed by atoms with Crippen molar-refractivity contribution in [1.29, 1.82) is 0 Å². The maximum Gasteiger partial charge on any atom is -0.0195 e. The summed E-state index contributed by atoms with van der Waals surface area (Å²) in [5, 5.41) is 0. The van der Waals surface area contributed by atoms with E-state index in [0.717, 1.165) is 6.42 Å². The average Bonchev–Trinajstić information content (AvgIpc) is 2.70. The van der Waals surface area contributed by atoms with Gasteiger partial charge in [-0.15, -0.1) is 6.58 Å². The highest BCUT2D eigenvalue weighted by atomic mass is 14.4. The van der Waals surface area contributed by atoms with Crippen molar-refractivity contribution < 1.29 is 0 Å². The van der Waals surface area contributed by atoms with E-state index >= 15 is 0 Å². The van der Waals surface area contributed by atoms with Gasteiger partial charge in [-0.1, -0.05) is 110 Å². The van der Waals surface area contributed by atoms with Gasteiger partial charge in [0.05, 0.1) is 0 Å². The van der Waals surface area contributed by atoms with Gasteiger partial charge < -0.3 is 5.73 Å². The zero-order valence-corrected chi connectivity index (χ0v) is 19.4. The van der Waals surface area contributed by atoms with Crippen LogP contribution in [0.3, 0.4) is 0 Å². The van der Waals surface area contributed by atoms with Crippen molar-refractivity contribution in [3.8, 4) is 0 Å². The molecule has 1 rings (SSSR count). The van der Waals surface area contributed by atoms with Gasteiger partial charge in [0.2, 0.25) is 0 Å². The molecule has 0 amide bonds. The number of allylic oxidation sites excluding steroid dienone is 3. The molecule has 0 unspecified atom stereocenters. The highest BCUT2D eigenvalue weighted by molar-refractivity contribution is 5.17. The first-order valence-corrected chi connectivity index (χ1v) is 10.5.